The maximum Gasteiger partial charge on any atom is 0.309 e. The Hall–Kier alpha value is -1.02. The lowest BCUT2D eigenvalue weighted by atomic mass is 9.63. The summed E-state index contributed by atoms with van der Waals surface area (Å²) in [7, 11) is 0. The Labute approximate surface area is 119 Å². The van der Waals surface area contributed by atoms with Crippen molar-refractivity contribution in [3.63, 3.8) is 0 Å². The minimum absolute atomic E-state index is 0.277. The third-order valence-electron chi connectivity index (χ3n) is 4.47. The van der Waals surface area contributed by atoms with Gasteiger partial charge >= 0.3 is 5.97 Å². The van der Waals surface area contributed by atoms with E-state index in [9.17, 15) is 9.90 Å². The van der Waals surface area contributed by atoms with E-state index in [-0.39, 0.29) is 5.41 Å². The summed E-state index contributed by atoms with van der Waals surface area (Å²) in [4.78, 5) is 11.7. The molecule has 0 bridgehead atoms. The van der Waals surface area contributed by atoms with Crippen molar-refractivity contribution in [3.8, 4) is 0 Å². The van der Waals surface area contributed by atoms with Crippen LogP contribution < -0.4 is 0 Å². The van der Waals surface area contributed by atoms with Gasteiger partial charge < -0.3 is 5.11 Å². The number of rotatable bonds is 3. The molecule has 1 fully saturated rings. The fraction of sp³-hybridized carbons (Fsp3) is 0.562. The highest BCUT2D eigenvalue weighted by molar-refractivity contribution is 6.30. The minimum atomic E-state index is -0.655. The van der Waals surface area contributed by atoms with E-state index >= 15 is 0 Å². The van der Waals surface area contributed by atoms with Crippen LogP contribution in [0.4, 0.5) is 0 Å². The monoisotopic (exact) mass is 280 g/mol. The maximum atomic E-state index is 11.7. The highest BCUT2D eigenvalue weighted by atomic mass is 35.5. The summed E-state index contributed by atoms with van der Waals surface area (Å²) in [6.45, 7) is 4.45. The van der Waals surface area contributed by atoms with Crippen LogP contribution in [0, 0.1) is 10.8 Å². The third kappa shape index (κ3) is 3.30. The number of carbonyl (C=O) groups is 1. The first-order chi connectivity index (χ1) is 8.83. The van der Waals surface area contributed by atoms with Crippen molar-refractivity contribution < 1.29 is 9.90 Å². The first kappa shape index (κ1) is 14.4. The second-order valence-electron chi connectivity index (χ2n) is 6.55. The molecule has 0 heterocycles. The summed E-state index contributed by atoms with van der Waals surface area (Å²) in [6, 6.07) is 7.54. The topological polar surface area (TPSA) is 37.3 Å². The molecule has 0 aliphatic heterocycles. The van der Waals surface area contributed by atoms with Gasteiger partial charge in [-0.3, -0.25) is 4.79 Å². The molecule has 19 heavy (non-hydrogen) atoms. The van der Waals surface area contributed by atoms with Gasteiger partial charge in [0.2, 0.25) is 0 Å². The van der Waals surface area contributed by atoms with Crippen molar-refractivity contribution in [2.75, 3.05) is 0 Å². The van der Waals surface area contributed by atoms with Gasteiger partial charge in [-0.2, -0.15) is 0 Å². The van der Waals surface area contributed by atoms with E-state index in [4.69, 9.17) is 11.6 Å². The van der Waals surface area contributed by atoms with Gasteiger partial charge in [-0.15, -0.1) is 0 Å². The zero-order valence-corrected chi connectivity index (χ0v) is 12.3. The van der Waals surface area contributed by atoms with Crippen LogP contribution in [0.15, 0.2) is 24.3 Å². The predicted molar refractivity (Wildman–Crippen MR) is 77.5 cm³/mol. The van der Waals surface area contributed by atoms with Gasteiger partial charge in [0, 0.05) is 5.02 Å². The molecular weight excluding hydrogens is 260 g/mol. The third-order valence-corrected chi connectivity index (χ3v) is 4.72. The molecule has 104 valence electrons. The summed E-state index contributed by atoms with van der Waals surface area (Å²) >= 11 is 5.87. The minimum Gasteiger partial charge on any atom is -0.481 e. The van der Waals surface area contributed by atoms with Crippen LogP contribution in [-0.4, -0.2) is 11.1 Å². The Morgan fingerprint density at radius 1 is 1.16 bits per heavy atom. The molecule has 0 unspecified atom stereocenters. The average Bonchev–Trinajstić information content (AvgIpc) is 2.35. The number of carboxylic acids is 1. The lowest BCUT2D eigenvalue weighted by Gasteiger charge is -2.41. The smallest absolute Gasteiger partial charge is 0.309 e. The standard InChI is InChI=1S/C16H21ClO2/c1-15(2)7-9-16(10-8-15,14(18)19)11-12-3-5-13(17)6-4-12/h3-6H,7-11H2,1-2H3,(H,18,19). The molecule has 1 N–H and O–H groups in total. The molecule has 0 radical (unpaired) electrons. The SMILES string of the molecule is CC1(C)CCC(Cc2ccc(Cl)cc2)(C(=O)O)CC1. The van der Waals surface area contributed by atoms with Crippen molar-refractivity contribution in [3.05, 3.63) is 34.9 Å². The van der Waals surface area contributed by atoms with E-state index < -0.39 is 11.4 Å². The Kier molecular flexibility index (Phi) is 3.91. The van der Waals surface area contributed by atoms with Gasteiger partial charge in [-0.1, -0.05) is 37.6 Å². The number of halogens is 1. The van der Waals surface area contributed by atoms with E-state index in [1.807, 2.05) is 24.3 Å². The first-order valence-corrected chi connectivity index (χ1v) is 7.19. The normalized spacial score (nSPS) is 21.0. The van der Waals surface area contributed by atoms with Crippen LogP contribution >= 0.6 is 11.6 Å². The average molecular weight is 281 g/mol. The highest BCUT2D eigenvalue weighted by Gasteiger charge is 2.43. The molecule has 1 aliphatic rings. The molecule has 0 spiro atoms. The number of hydrogen-bond donors (Lipinski definition) is 1. The number of hydrogen-bond acceptors (Lipinski definition) is 1. The Balaban J connectivity index is 2.17. The second kappa shape index (κ2) is 5.16. The Bertz CT molecular complexity index is 452. The van der Waals surface area contributed by atoms with Crippen LogP contribution in [0.3, 0.4) is 0 Å². The summed E-state index contributed by atoms with van der Waals surface area (Å²) in [5, 5.41) is 10.3. The van der Waals surface area contributed by atoms with E-state index in [2.05, 4.69) is 13.8 Å². The zero-order valence-electron chi connectivity index (χ0n) is 11.6. The van der Waals surface area contributed by atoms with Crippen molar-refractivity contribution >= 4 is 17.6 Å². The van der Waals surface area contributed by atoms with E-state index in [0.29, 0.717) is 11.4 Å². The van der Waals surface area contributed by atoms with Gasteiger partial charge in [0.1, 0.15) is 0 Å². The van der Waals surface area contributed by atoms with Crippen LogP contribution in [0.5, 0.6) is 0 Å². The van der Waals surface area contributed by atoms with Crippen molar-refractivity contribution in [2.24, 2.45) is 10.8 Å². The van der Waals surface area contributed by atoms with Crippen molar-refractivity contribution in [1.82, 2.24) is 0 Å². The highest BCUT2D eigenvalue weighted by Crippen LogP contribution is 2.47. The van der Waals surface area contributed by atoms with E-state index in [1.54, 1.807) is 0 Å². The number of carboxylic acid groups (broad SMARTS) is 1. The molecule has 0 aromatic heterocycles. The second-order valence-corrected chi connectivity index (χ2v) is 6.99. The Morgan fingerprint density at radius 3 is 2.16 bits per heavy atom. The molecule has 1 aliphatic carbocycles. The predicted octanol–water partition coefficient (Wildman–Crippen LogP) is 4.55. The van der Waals surface area contributed by atoms with Gasteiger partial charge in [-0.25, -0.2) is 0 Å². The largest absolute Gasteiger partial charge is 0.481 e. The number of benzene rings is 1. The summed E-state index contributed by atoms with van der Waals surface area (Å²) in [6.07, 6.45) is 4.09. The van der Waals surface area contributed by atoms with Gasteiger partial charge in [0.15, 0.2) is 0 Å². The van der Waals surface area contributed by atoms with Crippen molar-refractivity contribution in [1.29, 1.82) is 0 Å². The fourth-order valence-electron chi connectivity index (χ4n) is 2.86. The molecular formula is C16H21ClO2. The zero-order chi connectivity index (χ0) is 14.1. The molecule has 0 saturated heterocycles. The quantitative estimate of drug-likeness (QED) is 0.882. The van der Waals surface area contributed by atoms with E-state index in [0.717, 1.165) is 31.2 Å². The molecule has 1 aromatic rings. The van der Waals surface area contributed by atoms with Crippen LogP contribution in [-0.2, 0) is 11.2 Å². The fourth-order valence-corrected chi connectivity index (χ4v) is 2.99. The van der Waals surface area contributed by atoms with Gasteiger partial charge in [0.25, 0.3) is 0 Å². The number of aliphatic carboxylic acids is 1. The van der Waals surface area contributed by atoms with Gasteiger partial charge in [-0.05, 0) is 55.2 Å². The Morgan fingerprint density at radius 2 is 1.68 bits per heavy atom. The molecule has 0 atom stereocenters. The molecule has 2 rings (SSSR count). The van der Waals surface area contributed by atoms with E-state index in [1.165, 1.54) is 0 Å². The molecule has 0 amide bonds. The first-order valence-electron chi connectivity index (χ1n) is 6.81. The van der Waals surface area contributed by atoms with Crippen LogP contribution in [0.2, 0.25) is 5.02 Å². The lowest BCUT2D eigenvalue weighted by Crippen LogP contribution is -2.39. The molecule has 1 aromatic carbocycles. The van der Waals surface area contributed by atoms with Gasteiger partial charge in [0.05, 0.1) is 5.41 Å². The molecule has 1 saturated carbocycles. The summed E-state index contributed by atoms with van der Waals surface area (Å²) in [5.41, 5.74) is 0.744. The molecule has 3 heteroatoms. The summed E-state index contributed by atoms with van der Waals surface area (Å²) < 4.78 is 0. The lowest BCUT2D eigenvalue weighted by molar-refractivity contribution is -0.152. The van der Waals surface area contributed by atoms with Crippen molar-refractivity contribution in [2.45, 2.75) is 46.0 Å². The van der Waals surface area contributed by atoms with Crippen LogP contribution in [0.25, 0.3) is 0 Å². The summed E-state index contributed by atoms with van der Waals surface area (Å²) in [5.74, 6) is -0.655. The molecule has 2 nitrogen and oxygen atoms in total. The maximum absolute atomic E-state index is 11.7. The van der Waals surface area contributed by atoms with Crippen LogP contribution in [0.1, 0.15) is 45.1 Å².